The van der Waals surface area contributed by atoms with Gasteiger partial charge in [-0.3, -0.25) is 4.79 Å². The highest BCUT2D eigenvalue weighted by Crippen LogP contribution is 2.26. The lowest BCUT2D eigenvalue weighted by Gasteiger charge is -2.16. The molecule has 2 rings (SSSR count). The summed E-state index contributed by atoms with van der Waals surface area (Å²) in [6.07, 6.45) is 1.91. The number of thioether (sulfide) groups is 1. The predicted octanol–water partition coefficient (Wildman–Crippen LogP) is 0.358. The average Bonchev–Trinajstić information content (AvgIpc) is 2.62. The normalized spacial score (nSPS) is 39.5. The van der Waals surface area contributed by atoms with Crippen molar-refractivity contribution in [3.8, 4) is 0 Å². The van der Waals surface area contributed by atoms with Gasteiger partial charge in [0.1, 0.15) is 0 Å². The monoisotopic (exact) mass is 200 g/mol. The first-order chi connectivity index (χ1) is 6.24. The molecule has 74 valence electrons. The number of carbonyl (C=O) groups is 1. The summed E-state index contributed by atoms with van der Waals surface area (Å²) >= 11 is 2.02. The fourth-order valence-corrected chi connectivity index (χ4v) is 3.15. The predicted molar refractivity (Wildman–Crippen MR) is 54.9 cm³/mol. The molecule has 2 aliphatic heterocycles. The third kappa shape index (κ3) is 2.38. The van der Waals surface area contributed by atoms with Crippen LogP contribution < -0.4 is 10.6 Å². The van der Waals surface area contributed by atoms with Crippen LogP contribution in [0.5, 0.6) is 0 Å². The molecule has 2 aliphatic rings. The van der Waals surface area contributed by atoms with Crippen LogP contribution in [0.15, 0.2) is 0 Å². The van der Waals surface area contributed by atoms with Crippen LogP contribution >= 0.6 is 11.8 Å². The fourth-order valence-electron chi connectivity index (χ4n) is 1.99. The highest BCUT2D eigenvalue weighted by molar-refractivity contribution is 8.00. The molecule has 0 saturated carbocycles. The topological polar surface area (TPSA) is 41.1 Å². The van der Waals surface area contributed by atoms with Crippen molar-refractivity contribution in [2.24, 2.45) is 0 Å². The number of hydrogen-bond donors (Lipinski definition) is 2. The SMILES string of the molecule is CC1CC(NC2CNC(=O)C2)CS1. The van der Waals surface area contributed by atoms with E-state index in [0.29, 0.717) is 18.5 Å². The van der Waals surface area contributed by atoms with Gasteiger partial charge in [-0.1, -0.05) is 6.92 Å². The Kier molecular flexibility index (Phi) is 2.79. The van der Waals surface area contributed by atoms with Crippen molar-refractivity contribution in [2.75, 3.05) is 12.3 Å². The summed E-state index contributed by atoms with van der Waals surface area (Å²) in [4.78, 5) is 10.9. The molecule has 0 aromatic carbocycles. The maximum absolute atomic E-state index is 10.9. The minimum absolute atomic E-state index is 0.191. The Bertz CT molecular complexity index is 210. The van der Waals surface area contributed by atoms with Crippen molar-refractivity contribution < 1.29 is 4.79 Å². The lowest BCUT2D eigenvalue weighted by atomic mass is 10.1. The Labute approximate surface area is 83.0 Å². The number of amides is 1. The van der Waals surface area contributed by atoms with Gasteiger partial charge in [-0.2, -0.15) is 11.8 Å². The van der Waals surface area contributed by atoms with Gasteiger partial charge in [0.25, 0.3) is 0 Å². The van der Waals surface area contributed by atoms with Gasteiger partial charge in [0.2, 0.25) is 5.91 Å². The maximum atomic E-state index is 10.9. The molecule has 3 nitrogen and oxygen atoms in total. The molecule has 2 N–H and O–H groups in total. The van der Waals surface area contributed by atoms with E-state index < -0.39 is 0 Å². The van der Waals surface area contributed by atoms with Gasteiger partial charge in [-0.15, -0.1) is 0 Å². The Morgan fingerprint density at radius 2 is 2.38 bits per heavy atom. The van der Waals surface area contributed by atoms with Crippen molar-refractivity contribution in [2.45, 2.75) is 37.1 Å². The van der Waals surface area contributed by atoms with E-state index in [1.807, 2.05) is 11.8 Å². The smallest absolute Gasteiger partial charge is 0.221 e. The van der Waals surface area contributed by atoms with Crippen molar-refractivity contribution in [3.05, 3.63) is 0 Å². The zero-order valence-corrected chi connectivity index (χ0v) is 8.69. The number of rotatable bonds is 2. The average molecular weight is 200 g/mol. The molecule has 0 aromatic rings. The molecule has 0 aliphatic carbocycles. The third-order valence-electron chi connectivity index (χ3n) is 2.65. The Morgan fingerprint density at radius 1 is 1.54 bits per heavy atom. The van der Waals surface area contributed by atoms with E-state index >= 15 is 0 Å². The van der Waals surface area contributed by atoms with Gasteiger partial charge in [-0.05, 0) is 6.42 Å². The summed E-state index contributed by atoms with van der Waals surface area (Å²) in [7, 11) is 0. The van der Waals surface area contributed by atoms with E-state index in [-0.39, 0.29) is 5.91 Å². The molecule has 3 atom stereocenters. The van der Waals surface area contributed by atoms with Crippen LogP contribution in [0.25, 0.3) is 0 Å². The lowest BCUT2D eigenvalue weighted by molar-refractivity contribution is -0.119. The maximum Gasteiger partial charge on any atom is 0.221 e. The van der Waals surface area contributed by atoms with Crippen molar-refractivity contribution in [1.29, 1.82) is 0 Å². The molecule has 0 radical (unpaired) electrons. The molecule has 1 amide bonds. The van der Waals surface area contributed by atoms with E-state index in [2.05, 4.69) is 17.6 Å². The van der Waals surface area contributed by atoms with Gasteiger partial charge in [0.05, 0.1) is 0 Å². The minimum atomic E-state index is 0.191. The van der Waals surface area contributed by atoms with E-state index in [0.717, 1.165) is 11.8 Å². The van der Waals surface area contributed by atoms with Gasteiger partial charge < -0.3 is 10.6 Å². The molecule has 2 saturated heterocycles. The van der Waals surface area contributed by atoms with E-state index in [4.69, 9.17) is 0 Å². The van der Waals surface area contributed by atoms with Gasteiger partial charge >= 0.3 is 0 Å². The molecule has 3 unspecified atom stereocenters. The van der Waals surface area contributed by atoms with Crippen molar-refractivity contribution in [3.63, 3.8) is 0 Å². The summed E-state index contributed by atoms with van der Waals surface area (Å²) < 4.78 is 0. The van der Waals surface area contributed by atoms with Crippen molar-refractivity contribution in [1.82, 2.24) is 10.6 Å². The molecular formula is C9H16N2OS. The summed E-state index contributed by atoms with van der Waals surface area (Å²) in [5.41, 5.74) is 0. The quantitative estimate of drug-likeness (QED) is 0.676. The third-order valence-corrected chi connectivity index (χ3v) is 4.00. The zero-order valence-electron chi connectivity index (χ0n) is 7.88. The summed E-state index contributed by atoms with van der Waals surface area (Å²) in [5.74, 6) is 1.39. The second-order valence-corrected chi connectivity index (χ2v) is 5.42. The standard InChI is InChI=1S/C9H16N2OS/c1-6-2-8(5-13-6)11-7-3-9(12)10-4-7/h6-8,11H,2-5H2,1H3,(H,10,12). The van der Waals surface area contributed by atoms with Crippen molar-refractivity contribution >= 4 is 17.7 Å². The molecule has 13 heavy (non-hydrogen) atoms. The number of hydrogen-bond acceptors (Lipinski definition) is 3. The summed E-state index contributed by atoms with van der Waals surface area (Å²) in [6, 6.07) is 1.00. The van der Waals surface area contributed by atoms with Crippen LogP contribution in [0.4, 0.5) is 0 Å². The Hall–Kier alpha value is -0.220. The number of carbonyl (C=O) groups excluding carboxylic acids is 1. The van der Waals surface area contributed by atoms with Gasteiger partial charge in [0, 0.05) is 36.1 Å². The molecule has 2 heterocycles. The first-order valence-electron chi connectivity index (χ1n) is 4.88. The van der Waals surface area contributed by atoms with Crippen LogP contribution in [-0.4, -0.2) is 35.5 Å². The fraction of sp³-hybridized carbons (Fsp3) is 0.889. The van der Waals surface area contributed by atoms with Crippen LogP contribution in [0.2, 0.25) is 0 Å². The molecule has 2 fully saturated rings. The van der Waals surface area contributed by atoms with E-state index in [1.165, 1.54) is 12.2 Å². The molecule has 0 spiro atoms. The Balaban J connectivity index is 1.75. The van der Waals surface area contributed by atoms with E-state index in [1.54, 1.807) is 0 Å². The van der Waals surface area contributed by atoms with Gasteiger partial charge in [-0.25, -0.2) is 0 Å². The van der Waals surface area contributed by atoms with Crippen LogP contribution in [0.3, 0.4) is 0 Å². The van der Waals surface area contributed by atoms with Gasteiger partial charge in [0.15, 0.2) is 0 Å². The molecular weight excluding hydrogens is 184 g/mol. The summed E-state index contributed by atoms with van der Waals surface area (Å²) in [6.45, 7) is 3.08. The first kappa shape index (κ1) is 9.34. The highest BCUT2D eigenvalue weighted by atomic mass is 32.2. The summed E-state index contributed by atoms with van der Waals surface area (Å²) in [5, 5.41) is 7.16. The van der Waals surface area contributed by atoms with Crippen LogP contribution in [0.1, 0.15) is 19.8 Å². The zero-order chi connectivity index (χ0) is 9.26. The lowest BCUT2D eigenvalue weighted by Crippen LogP contribution is -2.39. The number of nitrogens with one attached hydrogen (secondary N) is 2. The highest BCUT2D eigenvalue weighted by Gasteiger charge is 2.27. The Morgan fingerprint density at radius 3 is 2.92 bits per heavy atom. The second kappa shape index (κ2) is 3.88. The molecule has 0 bridgehead atoms. The van der Waals surface area contributed by atoms with Crippen LogP contribution in [0, 0.1) is 0 Å². The largest absolute Gasteiger partial charge is 0.354 e. The van der Waals surface area contributed by atoms with Crippen LogP contribution in [-0.2, 0) is 4.79 Å². The minimum Gasteiger partial charge on any atom is -0.354 e. The molecule has 4 heteroatoms. The first-order valence-corrected chi connectivity index (χ1v) is 5.93. The molecule has 0 aromatic heterocycles. The van der Waals surface area contributed by atoms with E-state index in [9.17, 15) is 4.79 Å². The second-order valence-electron chi connectivity index (χ2n) is 3.95.